The Morgan fingerprint density at radius 3 is 3.00 bits per heavy atom. The highest BCUT2D eigenvalue weighted by Crippen LogP contribution is 2.08. The lowest BCUT2D eigenvalue weighted by Crippen LogP contribution is -2.06. The van der Waals surface area contributed by atoms with Crippen LogP contribution in [0.5, 0.6) is 0 Å². The van der Waals surface area contributed by atoms with Crippen LogP contribution in [0.25, 0.3) is 0 Å². The molecule has 0 saturated heterocycles. The normalized spacial score (nSPS) is 9.43. The van der Waals surface area contributed by atoms with E-state index in [0.717, 1.165) is 6.42 Å². The first-order chi connectivity index (χ1) is 6.76. The minimum atomic E-state index is 0.450. The van der Waals surface area contributed by atoms with Gasteiger partial charge >= 0.3 is 0 Å². The van der Waals surface area contributed by atoms with Gasteiger partial charge in [0.15, 0.2) is 0 Å². The maximum absolute atomic E-state index is 8.35. The van der Waals surface area contributed by atoms with Crippen molar-refractivity contribution in [3.8, 4) is 6.07 Å². The smallest absolute Gasteiger partial charge is 0.132 e. The standard InChI is InChI=1S/C9H13N5/c1-2-8-13-7(11)6-9(14-8)12-5-3-4-10/h6H,2-3,5H2,1H3,(H3,11,12,13,14). The number of aryl methyl sites for hydroxylation is 1. The maximum Gasteiger partial charge on any atom is 0.132 e. The van der Waals surface area contributed by atoms with Crippen LogP contribution in [-0.2, 0) is 6.42 Å². The van der Waals surface area contributed by atoms with Crippen LogP contribution in [0.1, 0.15) is 19.2 Å². The summed E-state index contributed by atoms with van der Waals surface area (Å²) in [6.07, 6.45) is 1.20. The van der Waals surface area contributed by atoms with Crippen molar-refractivity contribution in [1.82, 2.24) is 9.97 Å². The third kappa shape index (κ3) is 2.90. The Morgan fingerprint density at radius 1 is 1.57 bits per heavy atom. The third-order valence-electron chi connectivity index (χ3n) is 1.65. The van der Waals surface area contributed by atoms with Gasteiger partial charge in [-0.25, -0.2) is 9.97 Å². The molecule has 5 heteroatoms. The van der Waals surface area contributed by atoms with Crippen molar-refractivity contribution in [1.29, 1.82) is 5.26 Å². The fourth-order valence-corrected chi connectivity index (χ4v) is 1.01. The molecule has 0 saturated carbocycles. The Morgan fingerprint density at radius 2 is 2.36 bits per heavy atom. The van der Waals surface area contributed by atoms with E-state index in [1.54, 1.807) is 6.07 Å². The summed E-state index contributed by atoms with van der Waals surface area (Å²) in [6, 6.07) is 3.71. The second kappa shape index (κ2) is 5.02. The maximum atomic E-state index is 8.35. The Labute approximate surface area is 83.0 Å². The number of nitrogens with one attached hydrogen (secondary N) is 1. The van der Waals surface area contributed by atoms with Gasteiger partial charge in [-0.05, 0) is 0 Å². The molecule has 0 amide bonds. The van der Waals surface area contributed by atoms with Crippen molar-refractivity contribution in [3.63, 3.8) is 0 Å². The molecule has 0 aliphatic rings. The van der Waals surface area contributed by atoms with E-state index in [0.29, 0.717) is 30.4 Å². The van der Waals surface area contributed by atoms with E-state index in [1.807, 2.05) is 13.0 Å². The summed E-state index contributed by atoms with van der Waals surface area (Å²) < 4.78 is 0. The van der Waals surface area contributed by atoms with Crippen LogP contribution in [0, 0.1) is 11.3 Å². The number of rotatable bonds is 4. The number of nitrogens with zero attached hydrogens (tertiary/aromatic N) is 3. The van der Waals surface area contributed by atoms with E-state index in [9.17, 15) is 0 Å². The Bertz CT molecular complexity index is 342. The van der Waals surface area contributed by atoms with Crippen LogP contribution >= 0.6 is 0 Å². The molecule has 0 aromatic carbocycles. The molecule has 0 radical (unpaired) electrons. The number of aromatic nitrogens is 2. The molecular weight excluding hydrogens is 178 g/mol. The van der Waals surface area contributed by atoms with Gasteiger partial charge in [-0.3, -0.25) is 0 Å². The number of nitriles is 1. The lowest BCUT2D eigenvalue weighted by atomic mass is 10.4. The van der Waals surface area contributed by atoms with Crippen molar-refractivity contribution in [2.24, 2.45) is 0 Å². The van der Waals surface area contributed by atoms with E-state index < -0.39 is 0 Å². The number of nitrogens with two attached hydrogens (primary N) is 1. The van der Waals surface area contributed by atoms with Gasteiger partial charge in [-0.2, -0.15) is 5.26 Å². The predicted molar refractivity (Wildman–Crippen MR) is 54.5 cm³/mol. The minimum absolute atomic E-state index is 0.450. The lowest BCUT2D eigenvalue weighted by Gasteiger charge is -2.05. The zero-order valence-electron chi connectivity index (χ0n) is 8.12. The molecule has 0 fully saturated rings. The van der Waals surface area contributed by atoms with Crippen molar-refractivity contribution in [2.75, 3.05) is 17.6 Å². The van der Waals surface area contributed by atoms with Crippen LogP contribution < -0.4 is 11.1 Å². The fourth-order valence-electron chi connectivity index (χ4n) is 1.01. The van der Waals surface area contributed by atoms with E-state index in [-0.39, 0.29) is 0 Å². The van der Waals surface area contributed by atoms with Crippen molar-refractivity contribution < 1.29 is 0 Å². The molecule has 74 valence electrons. The minimum Gasteiger partial charge on any atom is -0.384 e. The fraction of sp³-hybridized carbons (Fsp3) is 0.444. The molecule has 1 rings (SSSR count). The van der Waals surface area contributed by atoms with Gasteiger partial charge in [0.05, 0.1) is 12.5 Å². The van der Waals surface area contributed by atoms with Gasteiger partial charge in [0.1, 0.15) is 17.5 Å². The van der Waals surface area contributed by atoms with Gasteiger partial charge in [-0.1, -0.05) is 6.92 Å². The molecule has 1 aromatic heterocycles. The summed E-state index contributed by atoms with van der Waals surface area (Å²) in [7, 11) is 0. The second-order valence-corrected chi connectivity index (χ2v) is 2.78. The highest BCUT2D eigenvalue weighted by molar-refractivity contribution is 5.44. The molecule has 0 aliphatic carbocycles. The molecule has 5 nitrogen and oxygen atoms in total. The zero-order valence-corrected chi connectivity index (χ0v) is 8.12. The molecule has 1 heterocycles. The molecule has 3 N–H and O–H groups in total. The first kappa shape index (κ1) is 10.3. The van der Waals surface area contributed by atoms with E-state index in [2.05, 4.69) is 15.3 Å². The average Bonchev–Trinajstić information content (AvgIpc) is 2.17. The molecule has 0 unspecified atom stereocenters. The SMILES string of the molecule is CCc1nc(N)cc(NCCC#N)n1. The Hall–Kier alpha value is -1.83. The van der Waals surface area contributed by atoms with Crippen molar-refractivity contribution >= 4 is 11.6 Å². The van der Waals surface area contributed by atoms with E-state index in [4.69, 9.17) is 11.0 Å². The largest absolute Gasteiger partial charge is 0.384 e. The average molecular weight is 191 g/mol. The molecule has 0 atom stereocenters. The summed E-state index contributed by atoms with van der Waals surface area (Å²) >= 11 is 0. The molecule has 0 aliphatic heterocycles. The Kier molecular flexibility index (Phi) is 3.68. The zero-order chi connectivity index (χ0) is 10.4. The van der Waals surface area contributed by atoms with Crippen molar-refractivity contribution in [3.05, 3.63) is 11.9 Å². The summed E-state index contributed by atoms with van der Waals surface area (Å²) in [6.45, 7) is 2.55. The van der Waals surface area contributed by atoms with Gasteiger partial charge in [0.25, 0.3) is 0 Å². The quantitative estimate of drug-likeness (QED) is 0.692. The molecular formula is C9H13N5. The van der Waals surface area contributed by atoms with Crippen LogP contribution in [0.4, 0.5) is 11.6 Å². The molecule has 1 aromatic rings. The first-order valence-electron chi connectivity index (χ1n) is 4.50. The molecule has 0 bridgehead atoms. The number of anilines is 2. The Balaban J connectivity index is 2.67. The van der Waals surface area contributed by atoms with Crippen molar-refractivity contribution in [2.45, 2.75) is 19.8 Å². The van der Waals surface area contributed by atoms with Gasteiger partial charge in [-0.15, -0.1) is 0 Å². The number of hydrogen-bond acceptors (Lipinski definition) is 5. The highest BCUT2D eigenvalue weighted by atomic mass is 15.0. The second-order valence-electron chi connectivity index (χ2n) is 2.78. The summed E-state index contributed by atoms with van der Waals surface area (Å²) in [5.41, 5.74) is 5.58. The highest BCUT2D eigenvalue weighted by Gasteiger charge is 1.99. The molecule has 0 spiro atoms. The summed E-state index contributed by atoms with van der Waals surface area (Å²) in [5.74, 6) is 1.85. The van der Waals surface area contributed by atoms with Gasteiger partial charge in [0.2, 0.25) is 0 Å². The van der Waals surface area contributed by atoms with Crippen LogP contribution in [0.3, 0.4) is 0 Å². The summed E-state index contributed by atoms with van der Waals surface area (Å²) in [4.78, 5) is 8.25. The topological polar surface area (TPSA) is 87.6 Å². The monoisotopic (exact) mass is 191 g/mol. The summed E-state index contributed by atoms with van der Waals surface area (Å²) in [5, 5.41) is 11.4. The van der Waals surface area contributed by atoms with E-state index in [1.165, 1.54) is 0 Å². The third-order valence-corrected chi connectivity index (χ3v) is 1.65. The first-order valence-corrected chi connectivity index (χ1v) is 4.50. The van der Waals surface area contributed by atoms with Crippen LogP contribution in [0.15, 0.2) is 6.07 Å². The number of nitrogen functional groups attached to an aromatic ring is 1. The number of hydrogen-bond donors (Lipinski definition) is 2. The van der Waals surface area contributed by atoms with Gasteiger partial charge < -0.3 is 11.1 Å². The van der Waals surface area contributed by atoms with Crippen LogP contribution in [-0.4, -0.2) is 16.5 Å². The van der Waals surface area contributed by atoms with E-state index >= 15 is 0 Å². The predicted octanol–water partition coefficient (Wildman–Crippen LogP) is 0.947. The molecule has 14 heavy (non-hydrogen) atoms. The van der Waals surface area contributed by atoms with Gasteiger partial charge in [0, 0.05) is 19.0 Å². The van der Waals surface area contributed by atoms with Crippen LogP contribution in [0.2, 0.25) is 0 Å². The lowest BCUT2D eigenvalue weighted by molar-refractivity contribution is 0.935.